The fourth-order valence-electron chi connectivity index (χ4n) is 1.58. The summed E-state index contributed by atoms with van der Waals surface area (Å²) in [5.41, 5.74) is -0.0885. The SMILES string of the molecule is CC(C)C1(C)CCN(C)C1=O. The molecule has 1 rings (SSSR count). The van der Waals surface area contributed by atoms with Crippen LogP contribution in [0.25, 0.3) is 0 Å². The first-order valence-corrected chi connectivity index (χ1v) is 4.24. The lowest BCUT2D eigenvalue weighted by atomic mass is 9.78. The largest absolute Gasteiger partial charge is 0.345 e. The average molecular weight is 155 g/mol. The summed E-state index contributed by atoms with van der Waals surface area (Å²) in [6.07, 6.45) is 1.01. The van der Waals surface area contributed by atoms with E-state index in [1.165, 1.54) is 0 Å². The molecule has 0 spiro atoms. The van der Waals surface area contributed by atoms with Gasteiger partial charge in [-0.15, -0.1) is 0 Å². The first-order valence-electron chi connectivity index (χ1n) is 4.24. The smallest absolute Gasteiger partial charge is 0.228 e. The molecule has 1 unspecified atom stereocenters. The molecule has 64 valence electrons. The number of hydrogen-bond donors (Lipinski definition) is 0. The molecule has 0 aliphatic carbocycles. The Morgan fingerprint density at radius 2 is 2.09 bits per heavy atom. The van der Waals surface area contributed by atoms with Gasteiger partial charge in [0.2, 0.25) is 5.91 Å². The third kappa shape index (κ3) is 1.15. The minimum Gasteiger partial charge on any atom is -0.345 e. The summed E-state index contributed by atoms with van der Waals surface area (Å²) in [5.74, 6) is 0.771. The van der Waals surface area contributed by atoms with Crippen molar-refractivity contribution in [1.82, 2.24) is 4.90 Å². The molecule has 0 bridgehead atoms. The highest BCUT2D eigenvalue weighted by Gasteiger charge is 2.43. The van der Waals surface area contributed by atoms with Gasteiger partial charge in [-0.2, -0.15) is 0 Å². The maximum absolute atomic E-state index is 11.6. The highest BCUT2D eigenvalue weighted by Crippen LogP contribution is 2.37. The fourth-order valence-corrected chi connectivity index (χ4v) is 1.58. The number of hydrogen-bond acceptors (Lipinski definition) is 1. The maximum Gasteiger partial charge on any atom is 0.228 e. The van der Waals surface area contributed by atoms with Gasteiger partial charge < -0.3 is 4.90 Å². The highest BCUT2D eigenvalue weighted by atomic mass is 16.2. The molecule has 1 atom stereocenters. The molecular formula is C9H17NO. The summed E-state index contributed by atoms with van der Waals surface area (Å²) in [5, 5.41) is 0. The van der Waals surface area contributed by atoms with Gasteiger partial charge in [0.05, 0.1) is 5.41 Å². The Kier molecular flexibility index (Phi) is 1.95. The van der Waals surface area contributed by atoms with Crippen LogP contribution in [0.1, 0.15) is 27.2 Å². The summed E-state index contributed by atoms with van der Waals surface area (Å²) >= 11 is 0. The van der Waals surface area contributed by atoms with Crippen LogP contribution >= 0.6 is 0 Å². The van der Waals surface area contributed by atoms with Gasteiger partial charge in [0.25, 0.3) is 0 Å². The number of nitrogens with zero attached hydrogens (tertiary/aromatic N) is 1. The Labute approximate surface area is 68.6 Å². The topological polar surface area (TPSA) is 20.3 Å². The van der Waals surface area contributed by atoms with Crippen molar-refractivity contribution in [1.29, 1.82) is 0 Å². The number of carbonyl (C=O) groups excluding carboxylic acids is 1. The quantitative estimate of drug-likeness (QED) is 0.562. The van der Waals surface area contributed by atoms with Crippen molar-refractivity contribution in [2.45, 2.75) is 27.2 Å². The summed E-state index contributed by atoms with van der Waals surface area (Å²) in [6.45, 7) is 7.24. The van der Waals surface area contributed by atoms with Crippen LogP contribution in [0.3, 0.4) is 0 Å². The van der Waals surface area contributed by atoms with Crippen LogP contribution < -0.4 is 0 Å². The van der Waals surface area contributed by atoms with E-state index in [1.54, 1.807) is 0 Å². The molecule has 2 heteroatoms. The molecule has 1 amide bonds. The van der Waals surface area contributed by atoms with Crippen LogP contribution in [0.15, 0.2) is 0 Å². The molecule has 0 N–H and O–H groups in total. The average Bonchev–Trinajstić information content (AvgIpc) is 2.18. The van der Waals surface area contributed by atoms with Crippen LogP contribution in [0, 0.1) is 11.3 Å². The van der Waals surface area contributed by atoms with Gasteiger partial charge in [-0.3, -0.25) is 4.79 Å². The molecule has 0 aromatic carbocycles. The van der Waals surface area contributed by atoms with E-state index in [9.17, 15) is 4.79 Å². The van der Waals surface area contributed by atoms with E-state index in [0.717, 1.165) is 13.0 Å². The van der Waals surface area contributed by atoms with Crippen molar-refractivity contribution in [3.05, 3.63) is 0 Å². The maximum atomic E-state index is 11.6. The fraction of sp³-hybridized carbons (Fsp3) is 0.889. The van der Waals surface area contributed by atoms with Gasteiger partial charge in [-0.25, -0.2) is 0 Å². The van der Waals surface area contributed by atoms with Crippen molar-refractivity contribution in [3.8, 4) is 0 Å². The van der Waals surface area contributed by atoms with Gasteiger partial charge >= 0.3 is 0 Å². The standard InChI is InChI=1S/C9H17NO/c1-7(2)9(3)5-6-10(4)8(9)11/h7H,5-6H2,1-4H3. The molecule has 1 fully saturated rings. The lowest BCUT2D eigenvalue weighted by Gasteiger charge is -2.26. The van der Waals surface area contributed by atoms with Crippen LogP contribution in [0.5, 0.6) is 0 Å². The van der Waals surface area contributed by atoms with E-state index in [4.69, 9.17) is 0 Å². The Morgan fingerprint density at radius 1 is 1.55 bits per heavy atom. The molecule has 1 saturated heterocycles. The summed E-state index contributed by atoms with van der Waals surface area (Å²) < 4.78 is 0. The predicted molar refractivity (Wildman–Crippen MR) is 45.2 cm³/mol. The molecule has 0 radical (unpaired) electrons. The van der Waals surface area contributed by atoms with Crippen molar-refractivity contribution in [2.75, 3.05) is 13.6 Å². The number of likely N-dealkylation sites (tertiary alicyclic amines) is 1. The van der Waals surface area contributed by atoms with E-state index in [1.807, 2.05) is 11.9 Å². The van der Waals surface area contributed by atoms with Gasteiger partial charge in [0.15, 0.2) is 0 Å². The molecular weight excluding hydrogens is 138 g/mol. The Hall–Kier alpha value is -0.530. The van der Waals surface area contributed by atoms with Crippen molar-refractivity contribution >= 4 is 5.91 Å². The van der Waals surface area contributed by atoms with Gasteiger partial charge in [-0.1, -0.05) is 20.8 Å². The lowest BCUT2D eigenvalue weighted by Crippen LogP contribution is -2.33. The van der Waals surface area contributed by atoms with Crippen LogP contribution in [0.4, 0.5) is 0 Å². The van der Waals surface area contributed by atoms with E-state index < -0.39 is 0 Å². The Bertz CT molecular complexity index is 176. The van der Waals surface area contributed by atoms with E-state index in [0.29, 0.717) is 11.8 Å². The highest BCUT2D eigenvalue weighted by molar-refractivity contribution is 5.84. The van der Waals surface area contributed by atoms with Gasteiger partial charge in [-0.05, 0) is 12.3 Å². The second kappa shape index (κ2) is 2.50. The number of amides is 1. The van der Waals surface area contributed by atoms with Crippen molar-refractivity contribution < 1.29 is 4.79 Å². The summed E-state index contributed by atoms with van der Waals surface area (Å²) in [7, 11) is 1.88. The first-order chi connectivity index (χ1) is 4.98. The minimum atomic E-state index is -0.0885. The van der Waals surface area contributed by atoms with Crippen LogP contribution in [-0.2, 0) is 4.79 Å². The lowest BCUT2D eigenvalue weighted by molar-refractivity contribution is -0.136. The van der Waals surface area contributed by atoms with Gasteiger partial charge in [0, 0.05) is 13.6 Å². The van der Waals surface area contributed by atoms with E-state index >= 15 is 0 Å². The summed E-state index contributed by atoms with van der Waals surface area (Å²) in [4.78, 5) is 13.4. The third-order valence-corrected chi connectivity index (χ3v) is 3.08. The second-order valence-electron chi connectivity index (χ2n) is 4.05. The predicted octanol–water partition coefficient (Wildman–Crippen LogP) is 1.51. The molecule has 0 aromatic heterocycles. The zero-order valence-electron chi connectivity index (χ0n) is 7.85. The zero-order chi connectivity index (χ0) is 8.65. The molecule has 1 heterocycles. The number of carbonyl (C=O) groups is 1. The first kappa shape index (κ1) is 8.57. The molecule has 1 aliphatic heterocycles. The Balaban J connectivity index is 2.81. The molecule has 2 nitrogen and oxygen atoms in total. The van der Waals surface area contributed by atoms with E-state index in [-0.39, 0.29) is 5.41 Å². The summed E-state index contributed by atoms with van der Waals surface area (Å²) in [6, 6.07) is 0. The Morgan fingerprint density at radius 3 is 2.27 bits per heavy atom. The van der Waals surface area contributed by atoms with E-state index in [2.05, 4.69) is 20.8 Å². The third-order valence-electron chi connectivity index (χ3n) is 3.08. The molecule has 1 aliphatic rings. The van der Waals surface area contributed by atoms with Crippen molar-refractivity contribution in [3.63, 3.8) is 0 Å². The molecule has 0 saturated carbocycles. The van der Waals surface area contributed by atoms with Crippen molar-refractivity contribution in [2.24, 2.45) is 11.3 Å². The monoisotopic (exact) mass is 155 g/mol. The zero-order valence-corrected chi connectivity index (χ0v) is 7.85. The minimum absolute atomic E-state index is 0.0885. The normalized spacial score (nSPS) is 32.1. The second-order valence-corrected chi connectivity index (χ2v) is 4.05. The molecule has 0 aromatic rings. The van der Waals surface area contributed by atoms with Crippen LogP contribution in [-0.4, -0.2) is 24.4 Å². The number of rotatable bonds is 1. The van der Waals surface area contributed by atoms with Crippen LogP contribution in [0.2, 0.25) is 0 Å². The molecule has 11 heavy (non-hydrogen) atoms. The van der Waals surface area contributed by atoms with Gasteiger partial charge in [0.1, 0.15) is 0 Å².